The normalized spacial score (nSPS) is 10.4. The highest BCUT2D eigenvalue weighted by Crippen LogP contribution is 2.18. The van der Waals surface area contributed by atoms with Gasteiger partial charge in [-0.1, -0.05) is 12.1 Å². The van der Waals surface area contributed by atoms with E-state index in [1.807, 2.05) is 12.1 Å². The quantitative estimate of drug-likeness (QED) is 0.777. The summed E-state index contributed by atoms with van der Waals surface area (Å²) in [4.78, 5) is 15.9. The van der Waals surface area contributed by atoms with Gasteiger partial charge < -0.3 is 5.32 Å². The van der Waals surface area contributed by atoms with Crippen LogP contribution in [0.1, 0.15) is 5.56 Å². The van der Waals surface area contributed by atoms with Gasteiger partial charge in [0.25, 0.3) is 0 Å². The van der Waals surface area contributed by atoms with Gasteiger partial charge in [0.15, 0.2) is 5.82 Å². The van der Waals surface area contributed by atoms with Gasteiger partial charge in [-0.25, -0.2) is 4.39 Å². The second-order valence-corrected chi connectivity index (χ2v) is 4.75. The topological polar surface area (TPSA) is 70.7 Å². The number of carbonyl (C=O) groups excluding carboxylic acids is 1. The maximum absolute atomic E-state index is 12.8. The molecule has 2 heterocycles. The number of pyridine rings is 1. The van der Waals surface area contributed by atoms with Crippen molar-refractivity contribution in [2.45, 2.75) is 6.42 Å². The van der Waals surface area contributed by atoms with E-state index in [1.54, 1.807) is 30.6 Å². The largest absolute Gasteiger partial charge is 0.309 e. The first-order chi connectivity index (χ1) is 10.7. The van der Waals surface area contributed by atoms with Gasteiger partial charge in [0.2, 0.25) is 5.91 Å². The lowest BCUT2D eigenvalue weighted by molar-refractivity contribution is -0.115. The Bertz CT molecular complexity index is 768. The smallest absolute Gasteiger partial charge is 0.229 e. The van der Waals surface area contributed by atoms with Crippen molar-refractivity contribution in [1.29, 1.82) is 0 Å². The first-order valence-corrected chi connectivity index (χ1v) is 6.71. The van der Waals surface area contributed by atoms with Crippen LogP contribution in [0.3, 0.4) is 0 Å². The van der Waals surface area contributed by atoms with Crippen LogP contribution in [0.25, 0.3) is 11.3 Å². The molecule has 1 amide bonds. The van der Waals surface area contributed by atoms with Crippen LogP contribution in [0.5, 0.6) is 0 Å². The number of aromatic amines is 1. The number of H-pyrrole nitrogens is 1. The Morgan fingerprint density at radius 1 is 1.14 bits per heavy atom. The lowest BCUT2D eigenvalue weighted by Gasteiger charge is -2.02. The van der Waals surface area contributed by atoms with E-state index in [-0.39, 0.29) is 18.1 Å². The Hall–Kier alpha value is -3.02. The number of carbonyl (C=O) groups is 1. The number of benzene rings is 1. The van der Waals surface area contributed by atoms with E-state index >= 15 is 0 Å². The SMILES string of the molecule is O=C(Cc1ccc(F)cc1)Nc1cc(-c2ccncc2)[nH]n1. The summed E-state index contributed by atoms with van der Waals surface area (Å²) in [6.45, 7) is 0. The molecular weight excluding hydrogens is 283 g/mol. The predicted octanol–water partition coefficient (Wildman–Crippen LogP) is 2.79. The summed E-state index contributed by atoms with van der Waals surface area (Å²) >= 11 is 0. The summed E-state index contributed by atoms with van der Waals surface area (Å²) in [5.74, 6) is -0.0863. The van der Waals surface area contributed by atoms with Gasteiger partial charge in [0.05, 0.1) is 12.1 Å². The monoisotopic (exact) mass is 296 g/mol. The molecule has 3 aromatic rings. The number of aromatic nitrogens is 3. The molecule has 0 aliphatic carbocycles. The van der Waals surface area contributed by atoms with Crippen LogP contribution in [-0.4, -0.2) is 21.1 Å². The number of amides is 1. The first-order valence-electron chi connectivity index (χ1n) is 6.71. The maximum atomic E-state index is 12.8. The molecule has 2 N–H and O–H groups in total. The van der Waals surface area contributed by atoms with Gasteiger partial charge in [0, 0.05) is 24.0 Å². The van der Waals surface area contributed by atoms with Crippen LogP contribution in [0, 0.1) is 5.82 Å². The number of anilines is 1. The third-order valence-electron chi connectivity index (χ3n) is 3.11. The maximum Gasteiger partial charge on any atom is 0.229 e. The minimum absolute atomic E-state index is 0.164. The molecule has 6 heteroatoms. The molecule has 0 bridgehead atoms. The molecule has 0 aliphatic heterocycles. The van der Waals surface area contributed by atoms with Gasteiger partial charge in [-0.2, -0.15) is 5.10 Å². The highest BCUT2D eigenvalue weighted by atomic mass is 19.1. The van der Waals surface area contributed by atoms with E-state index in [0.29, 0.717) is 5.82 Å². The number of nitrogens with one attached hydrogen (secondary N) is 2. The molecule has 0 saturated heterocycles. The van der Waals surface area contributed by atoms with Crippen LogP contribution in [-0.2, 0) is 11.2 Å². The number of hydrogen-bond donors (Lipinski definition) is 2. The second kappa shape index (κ2) is 6.17. The van der Waals surface area contributed by atoms with Crippen molar-refractivity contribution in [2.24, 2.45) is 0 Å². The zero-order valence-corrected chi connectivity index (χ0v) is 11.6. The Balaban J connectivity index is 1.65. The Morgan fingerprint density at radius 3 is 2.59 bits per heavy atom. The predicted molar refractivity (Wildman–Crippen MR) is 80.6 cm³/mol. The summed E-state index contributed by atoms with van der Waals surface area (Å²) in [6.07, 6.45) is 3.53. The summed E-state index contributed by atoms with van der Waals surface area (Å²) in [5.41, 5.74) is 2.46. The van der Waals surface area contributed by atoms with E-state index in [0.717, 1.165) is 16.8 Å². The van der Waals surface area contributed by atoms with Gasteiger partial charge in [0.1, 0.15) is 5.82 Å². The Labute approximate surface area is 126 Å². The van der Waals surface area contributed by atoms with Gasteiger partial charge >= 0.3 is 0 Å². The summed E-state index contributed by atoms with van der Waals surface area (Å²) in [7, 11) is 0. The number of nitrogens with zero attached hydrogens (tertiary/aromatic N) is 2. The molecule has 0 aliphatic rings. The number of hydrogen-bond acceptors (Lipinski definition) is 3. The molecule has 0 fully saturated rings. The average Bonchev–Trinajstić information content (AvgIpc) is 2.99. The zero-order chi connectivity index (χ0) is 15.4. The van der Waals surface area contributed by atoms with Crippen molar-refractivity contribution >= 4 is 11.7 Å². The van der Waals surface area contributed by atoms with Crippen molar-refractivity contribution in [3.63, 3.8) is 0 Å². The molecule has 0 radical (unpaired) electrons. The van der Waals surface area contributed by atoms with Crippen molar-refractivity contribution in [1.82, 2.24) is 15.2 Å². The minimum atomic E-state index is -0.321. The molecule has 3 rings (SSSR count). The van der Waals surface area contributed by atoms with E-state index in [9.17, 15) is 9.18 Å². The molecule has 0 atom stereocenters. The van der Waals surface area contributed by atoms with Crippen LogP contribution in [0.2, 0.25) is 0 Å². The summed E-state index contributed by atoms with van der Waals surface area (Å²) in [6, 6.07) is 11.3. The van der Waals surface area contributed by atoms with Gasteiger partial charge in [-0.05, 0) is 29.8 Å². The average molecular weight is 296 g/mol. The van der Waals surface area contributed by atoms with Gasteiger partial charge in [-0.3, -0.25) is 14.9 Å². The summed E-state index contributed by atoms with van der Waals surface area (Å²) < 4.78 is 12.8. The molecule has 1 aromatic carbocycles. The van der Waals surface area contributed by atoms with Crippen LogP contribution >= 0.6 is 0 Å². The number of halogens is 1. The fourth-order valence-electron chi connectivity index (χ4n) is 2.04. The first kappa shape index (κ1) is 13.9. The third kappa shape index (κ3) is 3.35. The molecule has 0 spiro atoms. The molecule has 0 saturated carbocycles. The van der Waals surface area contributed by atoms with E-state index in [1.165, 1.54) is 12.1 Å². The van der Waals surface area contributed by atoms with Crippen LogP contribution in [0.4, 0.5) is 10.2 Å². The molecular formula is C16H13FN4O. The lowest BCUT2D eigenvalue weighted by Crippen LogP contribution is -2.14. The highest BCUT2D eigenvalue weighted by molar-refractivity contribution is 5.91. The standard InChI is InChI=1S/C16H13FN4O/c17-13-3-1-11(2-4-13)9-16(22)19-15-10-14(20-21-15)12-5-7-18-8-6-12/h1-8,10H,9H2,(H2,19,20,21,22). The summed E-state index contributed by atoms with van der Waals surface area (Å²) in [5, 5.41) is 9.61. The zero-order valence-electron chi connectivity index (χ0n) is 11.6. The molecule has 2 aromatic heterocycles. The fraction of sp³-hybridized carbons (Fsp3) is 0.0625. The molecule has 5 nitrogen and oxygen atoms in total. The Kier molecular flexibility index (Phi) is 3.91. The third-order valence-corrected chi connectivity index (χ3v) is 3.11. The van der Waals surface area contributed by atoms with Crippen molar-refractivity contribution in [2.75, 3.05) is 5.32 Å². The van der Waals surface area contributed by atoms with E-state index in [4.69, 9.17) is 0 Å². The lowest BCUT2D eigenvalue weighted by atomic mass is 10.1. The van der Waals surface area contributed by atoms with Crippen LogP contribution < -0.4 is 5.32 Å². The molecule has 22 heavy (non-hydrogen) atoms. The fourth-order valence-corrected chi connectivity index (χ4v) is 2.04. The second-order valence-electron chi connectivity index (χ2n) is 4.75. The van der Waals surface area contributed by atoms with Crippen LogP contribution in [0.15, 0.2) is 54.9 Å². The van der Waals surface area contributed by atoms with E-state index in [2.05, 4.69) is 20.5 Å². The van der Waals surface area contributed by atoms with Crippen molar-refractivity contribution in [3.8, 4) is 11.3 Å². The van der Waals surface area contributed by atoms with Crippen molar-refractivity contribution in [3.05, 3.63) is 66.2 Å². The Morgan fingerprint density at radius 2 is 1.86 bits per heavy atom. The van der Waals surface area contributed by atoms with Gasteiger partial charge in [-0.15, -0.1) is 0 Å². The highest BCUT2D eigenvalue weighted by Gasteiger charge is 2.08. The van der Waals surface area contributed by atoms with E-state index < -0.39 is 0 Å². The molecule has 0 unspecified atom stereocenters. The minimum Gasteiger partial charge on any atom is -0.309 e. The number of rotatable bonds is 4. The van der Waals surface area contributed by atoms with Crippen molar-refractivity contribution < 1.29 is 9.18 Å². The molecule has 110 valence electrons.